The molecule has 0 saturated carbocycles. The summed E-state index contributed by atoms with van der Waals surface area (Å²) in [6.45, 7) is 0.502. The Morgan fingerprint density at radius 3 is 2.88 bits per heavy atom. The van der Waals surface area contributed by atoms with Gasteiger partial charge in [0.15, 0.2) is 0 Å². The van der Waals surface area contributed by atoms with Crippen LogP contribution in [0, 0.1) is 0 Å². The number of rotatable bonds is 2. The zero-order chi connectivity index (χ0) is 12.4. The van der Waals surface area contributed by atoms with Crippen molar-refractivity contribution in [2.75, 3.05) is 6.54 Å². The first-order valence-electron chi connectivity index (χ1n) is 5.34. The van der Waals surface area contributed by atoms with E-state index in [4.69, 9.17) is 5.73 Å². The lowest BCUT2D eigenvalue weighted by molar-refractivity contribution is -0.121. The third-order valence-electron chi connectivity index (χ3n) is 2.81. The van der Waals surface area contributed by atoms with E-state index in [2.05, 4.69) is 4.98 Å². The monoisotopic (exact) mass is 235 g/mol. The number of nitrogens with two attached hydrogens (primary N) is 1. The molecule has 2 amide bonds. The van der Waals surface area contributed by atoms with Gasteiger partial charge in [-0.1, -0.05) is 0 Å². The number of carbonyl (C=O) groups is 2. The standard InChI is InChI=1S/C11H13N3O3/c12-10(16)9-2-1-3-14(9)11(17)7-4-8(15)6-13-5-7/h4-6,9,15H,1-3H2,(H2,12,16). The Kier molecular flexibility index (Phi) is 2.95. The summed E-state index contributed by atoms with van der Waals surface area (Å²) in [7, 11) is 0. The predicted octanol–water partition coefficient (Wildman–Crippen LogP) is -0.123. The molecule has 1 atom stereocenters. The minimum atomic E-state index is -0.551. The Labute approximate surface area is 98.1 Å². The largest absolute Gasteiger partial charge is 0.506 e. The summed E-state index contributed by atoms with van der Waals surface area (Å²) < 4.78 is 0. The number of hydrogen-bond donors (Lipinski definition) is 2. The molecule has 1 saturated heterocycles. The molecule has 0 aliphatic carbocycles. The smallest absolute Gasteiger partial charge is 0.256 e. The van der Waals surface area contributed by atoms with E-state index in [0.29, 0.717) is 13.0 Å². The minimum Gasteiger partial charge on any atom is -0.506 e. The number of primary amides is 1. The summed E-state index contributed by atoms with van der Waals surface area (Å²) >= 11 is 0. The molecule has 2 rings (SSSR count). The van der Waals surface area contributed by atoms with Gasteiger partial charge in [0.25, 0.3) is 5.91 Å². The number of aromatic hydroxyl groups is 1. The van der Waals surface area contributed by atoms with Gasteiger partial charge < -0.3 is 15.7 Å². The summed E-state index contributed by atoms with van der Waals surface area (Å²) in [4.78, 5) is 28.4. The first-order valence-corrected chi connectivity index (χ1v) is 5.34. The first kappa shape index (κ1) is 11.4. The fourth-order valence-corrected chi connectivity index (χ4v) is 2.02. The molecule has 1 unspecified atom stereocenters. The fraction of sp³-hybridized carbons (Fsp3) is 0.364. The van der Waals surface area contributed by atoms with Gasteiger partial charge in [0.2, 0.25) is 5.91 Å². The van der Waals surface area contributed by atoms with Crippen LogP contribution in [0.4, 0.5) is 0 Å². The fourth-order valence-electron chi connectivity index (χ4n) is 2.02. The highest BCUT2D eigenvalue weighted by molar-refractivity contribution is 5.97. The van der Waals surface area contributed by atoms with Gasteiger partial charge in [-0.25, -0.2) is 0 Å². The SMILES string of the molecule is NC(=O)C1CCCN1C(=O)c1cncc(O)c1. The zero-order valence-corrected chi connectivity index (χ0v) is 9.17. The van der Waals surface area contributed by atoms with E-state index in [-0.39, 0.29) is 17.2 Å². The van der Waals surface area contributed by atoms with Gasteiger partial charge in [-0.15, -0.1) is 0 Å². The number of likely N-dealkylation sites (tertiary alicyclic amines) is 1. The van der Waals surface area contributed by atoms with Crippen LogP contribution < -0.4 is 5.73 Å². The highest BCUT2D eigenvalue weighted by Gasteiger charge is 2.33. The molecule has 1 aromatic rings. The van der Waals surface area contributed by atoms with Gasteiger partial charge in [-0.05, 0) is 18.9 Å². The molecule has 2 heterocycles. The Morgan fingerprint density at radius 2 is 2.24 bits per heavy atom. The Balaban J connectivity index is 2.23. The van der Waals surface area contributed by atoms with Crippen molar-refractivity contribution in [1.29, 1.82) is 0 Å². The number of carbonyl (C=O) groups excluding carboxylic acids is 2. The molecule has 0 bridgehead atoms. The van der Waals surface area contributed by atoms with Gasteiger partial charge in [0.05, 0.1) is 11.8 Å². The lowest BCUT2D eigenvalue weighted by Crippen LogP contribution is -2.43. The molecule has 1 aliphatic heterocycles. The maximum Gasteiger partial charge on any atom is 0.256 e. The maximum absolute atomic E-state index is 12.1. The zero-order valence-electron chi connectivity index (χ0n) is 9.17. The Bertz CT molecular complexity index is 461. The van der Waals surface area contributed by atoms with Crippen molar-refractivity contribution in [2.45, 2.75) is 18.9 Å². The predicted molar refractivity (Wildman–Crippen MR) is 59.2 cm³/mol. The molecule has 0 radical (unpaired) electrons. The average molecular weight is 235 g/mol. The quantitative estimate of drug-likeness (QED) is 0.746. The second-order valence-corrected chi connectivity index (χ2v) is 3.99. The molecule has 6 heteroatoms. The normalized spacial score (nSPS) is 19.3. The molecule has 90 valence electrons. The van der Waals surface area contributed by atoms with Crippen LogP contribution >= 0.6 is 0 Å². The third-order valence-corrected chi connectivity index (χ3v) is 2.81. The van der Waals surface area contributed by atoms with Gasteiger partial charge in [-0.3, -0.25) is 14.6 Å². The molecule has 6 nitrogen and oxygen atoms in total. The number of nitrogens with zero attached hydrogens (tertiary/aromatic N) is 2. The third kappa shape index (κ3) is 2.20. The van der Waals surface area contributed by atoms with Gasteiger partial charge in [0, 0.05) is 12.7 Å². The van der Waals surface area contributed by atoms with Gasteiger partial charge in [0.1, 0.15) is 11.8 Å². The molecule has 0 spiro atoms. The van der Waals surface area contributed by atoms with Crippen LogP contribution in [0.5, 0.6) is 5.75 Å². The summed E-state index contributed by atoms with van der Waals surface area (Å²) in [5.41, 5.74) is 5.50. The second-order valence-electron chi connectivity index (χ2n) is 3.99. The molecular formula is C11H13N3O3. The van der Waals surface area contributed by atoms with E-state index in [1.807, 2.05) is 0 Å². The molecule has 3 N–H and O–H groups in total. The summed E-state index contributed by atoms with van der Waals surface area (Å²) in [6, 6.07) is 0.774. The van der Waals surface area contributed by atoms with Gasteiger partial charge >= 0.3 is 0 Å². The molecule has 0 aromatic carbocycles. The van der Waals surface area contributed by atoms with Crippen molar-refractivity contribution in [3.63, 3.8) is 0 Å². The van der Waals surface area contributed by atoms with E-state index < -0.39 is 11.9 Å². The number of amides is 2. The van der Waals surface area contributed by atoms with E-state index in [0.717, 1.165) is 6.42 Å². The van der Waals surface area contributed by atoms with Crippen LogP contribution in [0.2, 0.25) is 0 Å². The van der Waals surface area contributed by atoms with Crippen LogP contribution in [0.25, 0.3) is 0 Å². The average Bonchev–Trinajstić information content (AvgIpc) is 2.77. The minimum absolute atomic E-state index is 0.0781. The van der Waals surface area contributed by atoms with E-state index in [1.54, 1.807) is 0 Å². The first-order chi connectivity index (χ1) is 8.09. The number of pyridine rings is 1. The number of aromatic nitrogens is 1. The van der Waals surface area contributed by atoms with E-state index in [1.165, 1.54) is 23.4 Å². The van der Waals surface area contributed by atoms with E-state index >= 15 is 0 Å². The van der Waals surface area contributed by atoms with Crippen molar-refractivity contribution >= 4 is 11.8 Å². The van der Waals surface area contributed by atoms with Crippen LogP contribution in [0.3, 0.4) is 0 Å². The lowest BCUT2D eigenvalue weighted by Gasteiger charge is -2.21. The number of hydrogen-bond acceptors (Lipinski definition) is 4. The van der Waals surface area contributed by atoms with Crippen molar-refractivity contribution < 1.29 is 14.7 Å². The Hall–Kier alpha value is -2.11. The molecule has 1 aromatic heterocycles. The summed E-state index contributed by atoms with van der Waals surface area (Å²) in [5, 5.41) is 9.25. The van der Waals surface area contributed by atoms with Crippen molar-refractivity contribution in [3.8, 4) is 5.75 Å². The van der Waals surface area contributed by atoms with Crippen molar-refractivity contribution in [1.82, 2.24) is 9.88 Å². The lowest BCUT2D eigenvalue weighted by atomic mass is 10.2. The van der Waals surface area contributed by atoms with Crippen molar-refractivity contribution in [3.05, 3.63) is 24.0 Å². The summed E-state index contributed by atoms with van der Waals surface area (Å²) in [6.07, 6.45) is 3.95. The second kappa shape index (κ2) is 4.40. The van der Waals surface area contributed by atoms with Crippen LogP contribution in [-0.4, -0.2) is 39.4 Å². The van der Waals surface area contributed by atoms with E-state index in [9.17, 15) is 14.7 Å². The highest BCUT2D eigenvalue weighted by Crippen LogP contribution is 2.20. The van der Waals surface area contributed by atoms with Crippen LogP contribution in [0.1, 0.15) is 23.2 Å². The maximum atomic E-state index is 12.1. The molecule has 17 heavy (non-hydrogen) atoms. The topological polar surface area (TPSA) is 96.5 Å². The van der Waals surface area contributed by atoms with Gasteiger partial charge in [-0.2, -0.15) is 0 Å². The van der Waals surface area contributed by atoms with Crippen LogP contribution in [-0.2, 0) is 4.79 Å². The molecular weight excluding hydrogens is 222 g/mol. The molecule has 1 aliphatic rings. The molecule has 1 fully saturated rings. The summed E-state index contributed by atoms with van der Waals surface area (Å²) in [5.74, 6) is -0.899. The van der Waals surface area contributed by atoms with Crippen LogP contribution in [0.15, 0.2) is 18.5 Å². The van der Waals surface area contributed by atoms with Crippen molar-refractivity contribution in [2.24, 2.45) is 5.73 Å². The highest BCUT2D eigenvalue weighted by atomic mass is 16.3. The Morgan fingerprint density at radius 1 is 1.47 bits per heavy atom.